The molecule has 0 aliphatic heterocycles. The van der Waals surface area contributed by atoms with Crippen LogP contribution in [0.2, 0.25) is 5.02 Å². The van der Waals surface area contributed by atoms with E-state index in [1.54, 1.807) is 25.2 Å². The van der Waals surface area contributed by atoms with E-state index in [4.69, 9.17) is 17.3 Å². The fourth-order valence-corrected chi connectivity index (χ4v) is 2.08. The van der Waals surface area contributed by atoms with Crippen LogP contribution in [0.5, 0.6) is 0 Å². The molecule has 0 fully saturated rings. The molecule has 0 saturated heterocycles. The molecule has 4 nitrogen and oxygen atoms in total. The third-order valence-electron chi connectivity index (χ3n) is 2.94. The summed E-state index contributed by atoms with van der Waals surface area (Å²) in [6.45, 7) is 0.521. The lowest BCUT2D eigenvalue weighted by Crippen LogP contribution is -2.19. The van der Waals surface area contributed by atoms with Gasteiger partial charge >= 0.3 is 0 Å². The molecular weight excluding hydrogens is 274 g/mol. The van der Waals surface area contributed by atoms with Crippen LogP contribution in [0, 0.1) is 0 Å². The van der Waals surface area contributed by atoms with Crippen LogP contribution in [0.1, 0.15) is 15.9 Å². The minimum Gasteiger partial charge on any atom is -0.399 e. The molecule has 0 aliphatic carbocycles. The largest absolute Gasteiger partial charge is 0.399 e. The molecule has 0 atom stereocenters. The molecule has 2 aromatic carbocycles. The molecule has 0 saturated carbocycles. The van der Waals surface area contributed by atoms with Crippen molar-refractivity contribution in [2.75, 3.05) is 18.1 Å². The summed E-state index contributed by atoms with van der Waals surface area (Å²) in [7, 11) is 1.59. The molecule has 5 heteroatoms. The van der Waals surface area contributed by atoms with Gasteiger partial charge in [0.15, 0.2) is 0 Å². The summed E-state index contributed by atoms with van der Waals surface area (Å²) in [5, 5.41) is 6.49. The van der Waals surface area contributed by atoms with Crippen molar-refractivity contribution in [3.63, 3.8) is 0 Å². The maximum Gasteiger partial charge on any atom is 0.253 e. The number of benzene rings is 2. The van der Waals surface area contributed by atoms with E-state index in [1.165, 1.54) is 0 Å². The highest BCUT2D eigenvalue weighted by Gasteiger charge is 2.10. The molecule has 0 aliphatic rings. The molecular formula is C15H16ClN3O. The Balaban J connectivity index is 2.22. The van der Waals surface area contributed by atoms with Crippen molar-refractivity contribution < 1.29 is 4.79 Å². The zero-order valence-electron chi connectivity index (χ0n) is 11.1. The number of rotatable bonds is 4. The first-order chi connectivity index (χ1) is 9.61. The van der Waals surface area contributed by atoms with Gasteiger partial charge in [-0.3, -0.25) is 4.79 Å². The van der Waals surface area contributed by atoms with Crippen LogP contribution in [-0.2, 0) is 6.54 Å². The van der Waals surface area contributed by atoms with Crippen molar-refractivity contribution in [3.8, 4) is 0 Å². The Morgan fingerprint density at radius 3 is 2.70 bits per heavy atom. The second-order valence-electron chi connectivity index (χ2n) is 4.33. The molecule has 0 unspecified atom stereocenters. The normalized spacial score (nSPS) is 10.1. The zero-order valence-corrected chi connectivity index (χ0v) is 11.9. The van der Waals surface area contributed by atoms with Crippen molar-refractivity contribution in [2.24, 2.45) is 0 Å². The molecule has 0 radical (unpaired) electrons. The monoisotopic (exact) mass is 289 g/mol. The minimum absolute atomic E-state index is 0.161. The highest BCUT2D eigenvalue weighted by atomic mass is 35.5. The highest BCUT2D eigenvalue weighted by molar-refractivity contribution is 6.31. The maximum atomic E-state index is 11.8. The quantitative estimate of drug-likeness (QED) is 0.758. The van der Waals surface area contributed by atoms with Crippen LogP contribution in [0.4, 0.5) is 11.4 Å². The zero-order chi connectivity index (χ0) is 14.5. The number of nitrogens with one attached hydrogen (secondary N) is 2. The summed E-state index contributed by atoms with van der Waals surface area (Å²) in [5.74, 6) is -0.161. The first kappa shape index (κ1) is 14.2. The van der Waals surface area contributed by atoms with E-state index in [1.807, 2.05) is 24.3 Å². The second-order valence-corrected chi connectivity index (χ2v) is 4.74. The van der Waals surface area contributed by atoms with Gasteiger partial charge in [0, 0.05) is 30.0 Å². The topological polar surface area (TPSA) is 67.2 Å². The number of amides is 1. The fourth-order valence-electron chi connectivity index (χ4n) is 1.87. The van der Waals surface area contributed by atoms with Crippen LogP contribution in [0.3, 0.4) is 0 Å². The summed E-state index contributed by atoms with van der Waals surface area (Å²) < 4.78 is 0. The van der Waals surface area contributed by atoms with Crippen LogP contribution < -0.4 is 16.4 Å². The van der Waals surface area contributed by atoms with Crippen LogP contribution >= 0.6 is 11.6 Å². The van der Waals surface area contributed by atoms with Crippen LogP contribution in [0.25, 0.3) is 0 Å². The van der Waals surface area contributed by atoms with E-state index in [0.717, 1.165) is 5.56 Å². The summed E-state index contributed by atoms with van der Waals surface area (Å²) in [4.78, 5) is 11.8. The highest BCUT2D eigenvalue weighted by Crippen LogP contribution is 2.22. The van der Waals surface area contributed by atoms with Gasteiger partial charge in [-0.15, -0.1) is 0 Å². The van der Waals surface area contributed by atoms with Crippen molar-refractivity contribution in [1.29, 1.82) is 0 Å². The average Bonchev–Trinajstić information content (AvgIpc) is 2.46. The lowest BCUT2D eigenvalue weighted by atomic mass is 10.1. The van der Waals surface area contributed by atoms with E-state index in [-0.39, 0.29) is 5.91 Å². The van der Waals surface area contributed by atoms with Gasteiger partial charge in [-0.1, -0.05) is 29.8 Å². The van der Waals surface area contributed by atoms with Crippen molar-refractivity contribution in [2.45, 2.75) is 6.54 Å². The summed E-state index contributed by atoms with van der Waals surface area (Å²) in [6, 6.07) is 12.7. The van der Waals surface area contributed by atoms with Gasteiger partial charge in [-0.2, -0.15) is 0 Å². The number of halogens is 1. The number of nitrogens with two attached hydrogens (primary N) is 1. The number of anilines is 2. The number of carbonyl (C=O) groups excluding carboxylic acids is 1. The van der Waals surface area contributed by atoms with Gasteiger partial charge in [0.2, 0.25) is 0 Å². The number of nitrogen functional groups attached to an aromatic ring is 1. The fraction of sp³-hybridized carbons (Fsp3) is 0.133. The standard InChI is InChI=1S/C15H16ClN3O/c1-18-15(20)12-7-6-11(17)8-14(12)19-9-10-4-2-3-5-13(10)16/h2-8,19H,9,17H2,1H3,(H,18,20). The van der Waals surface area contributed by atoms with E-state index in [9.17, 15) is 4.79 Å². The Morgan fingerprint density at radius 2 is 2.00 bits per heavy atom. The minimum atomic E-state index is -0.161. The van der Waals surface area contributed by atoms with E-state index < -0.39 is 0 Å². The van der Waals surface area contributed by atoms with Gasteiger partial charge in [0.25, 0.3) is 5.91 Å². The molecule has 0 aromatic heterocycles. The first-order valence-corrected chi connectivity index (χ1v) is 6.58. The second kappa shape index (κ2) is 6.30. The van der Waals surface area contributed by atoms with Crippen LogP contribution in [0.15, 0.2) is 42.5 Å². The van der Waals surface area contributed by atoms with Crippen molar-refractivity contribution >= 4 is 28.9 Å². The summed E-state index contributed by atoms with van der Waals surface area (Å²) in [5.41, 5.74) is 8.56. The predicted molar refractivity (Wildman–Crippen MR) is 83.0 cm³/mol. The lowest BCUT2D eigenvalue weighted by Gasteiger charge is -2.13. The van der Waals surface area contributed by atoms with Crippen molar-refractivity contribution in [3.05, 3.63) is 58.6 Å². The molecule has 0 heterocycles. The smallest absolute Gasteiger partial charge is 0.253 e. The molecule has 4 N–H and O–H groups in total. The van der Waals surface area contributed by atoms with Gasteiger partial charge < -0.3 is 16.4 Å². The molecule has 1 amide bonds. The summed E-state index contributed by atoms with van der Waals surface area (Å²) >= 11 is 6.11. The van der Waals surface area contributed by atoms with E-state index >= 15 is 0 Å². The lowest BCUT2D eigenvalue weighted by molar-refractivity contribution is 0.0964. The molecule has 0 spiro atoms. The Labute approximate surface area is 122 Å². The SMILES string of the molecule is CNC(=O)c1ccc(N)cc1NCc1ccccc1Cl. The van der Waals surface area contributed by atoms with Gasteiger partial charge in [0.05, 0.1) is 5.56 Å². The molecule has 20 heavy (non-hydrogen) atoms. The van der Waals surface area contributed by atoms with E-state index in [2.05, 4.69) is 10.6 Å². The maximum absolute atomic E-state index is 11.8. The Morgan fingerprint density at radius 1 is 1.25 bits per heavy atom. The third kappa shape index (κ3) is 3.22. The Hall–Kier alpha value is -2.20. The van der Waals surface area contributed by atoms with E-state index in [0.29, 0.717) is 28.5 Å². The molecule has 104 valence electrons. The third-order valence-corrected chi connectivity index (χ3v) is 3.31. The number of hydrogen-bond donors (Lipinski definition) is 3. The average molecular weight is 290 g/mol. The molecule has 2 rings (SSSR count). The predicted octanol–water partition coefficient (Wildman–Crippen LogP) is 2.89. The molecule has 0 bridgehead atoms. The molecule has 2 aromatic rings. The van der Waals surface area contributed by atoms with Gasteiger partial charge in [-0.05, 0) is 29.8 Å². The summed E-state index contributed by atoms with van der Waals surface area (Å²) in [6.07, 6.45) is 0. The van der Waals surface area contributed by atoms with Crippen LogP contribution in [-0.4, -0.2) is 13.0 Å². The number of hydrogen-bond acceptors (Lipinski definition) is 3. The number of carbonyl (C=O) groups is 1. The van der Waals surface area contributed by atoms with Crippen molar-refractivity contribution in [1.82, 2.24) is 5.32 Å². The Kier molecular flexibility index (Phi) is 4.48. The Bertz CT molecular complexity index is 628. The first-order valence-electron chi connectivity index (χ1n) is 6.20. The van der Waals surface area contributed by atoms with Gasteiger partial charge in [-0.25, -0.2) is 0 Å². The van der Waals surface area contributed by atoms with Gasteiger partial charge in [0.1, 0.15) is 0 Å².